The molecule has 0 saturated heterocycles. The van der Waals surface area contributed by atoms with Crippen LogP contribution < -0.4 is 10.1 Å². The number of carbonyl (C=O) groups is 1. The van der Waals surface area contributed by atoms with Crippen LogP contribution in [0.2, 0.25) is 0 Å². The van der Waals surface area contributed by atoms with E-state index in [-0.39, 0.29) is 17.9 Å². The summed E-state index contributed by atoms with van der Waals surface area (Å²) >= 11 is 1.42. The molecule has 4 nitrogen and oxygen atoms in total. The summed E-state index contributed by atoms with van der Waals surface area (Å²) in [6.07, 6.45) is 1.67. The molecule has 5 heteroatoms. The smallest absolute Gasteiger partial charge is 0.265 e. The van der Waals surface area contributed by atoms with Gasteiger partial charge < -0.3 is 15.2 Å². The zero-order valence-electron chi connectivity index (χ0n) is 12.1. The molecule has 108 valence electrons. The Balaban J connectivity index is 2.74. The van der Waals surface area contributed by atoms with Crippen LogP contribution in [0.3, 0.4) is 0 Å². The maximum absolute atomic E-state index is 12.2. The summed E-state index contributed by atoms with van der Waals surface area (Å²) in [5, 5.41) is 12.4. The first kappa shape index (κ1) is 16.0. The third kappa shape index (κ3) is 3.70. The summed E-state index contributed by atoms with van der Waals surface area (Å²) < 4.78 is 5.20. The van der Waals surface area contributed by atoms with Gasteiger partial charge in [0.25, 0.3) is 5.91 Å². The number of aliphatic hydroxyl groups is 1. The molecular weight excluding hydrogens is 262 g/mol. The van der Waals surface area contributed by atoms with Gasteiger partial charge >= 0.3 is 0 Å². The minimum Gasteiger partial charge on any atom is -0.495 e. The highest BCUT2D eigenvalue weighted by molar-refractivity contribution is 7.14. The highest BCUT2D eigenvalue weighted by Gasteiger charge is 2.27. The molecule has 1 aromatic heterocycles. The van der Waals surface area contributed by atoms with Gasteiger partial charge in [-0.3, -0.25) is 4.79 Å². The molecule has 0 aliphatic carbocycles. The lowest BCUT2D eigenvalue weighted by Gasteiger charge is -2.29. The topological polar surface area (TPSA) is 58.6 Å². The highest BCUT2D eigenvalue weighted by atomic mass is 32.1. The van der Waals surface area contributed by atoms with Gasteiger partial charge in [0.05, 0.1) is 13.7 Å². The van der Waals surface area contributed by atoms with E-state index in [0.29, 0.717) is 17.2 Å². The van der Waals surface area contributed by atoms with Crippen LogP contribution in [-0.2, 0) is 0 Å². The predicted octanol–water partition coefficient (Wildman–Crippen LogP) is 2.59. The van der Waals surface area contributed by atoms with E-state index in [1.165, 1.54) is 11.3 Å². The third-order valence-corrected chi connectivity index (χ3v) is 4.74. The number of aliphatic hydroxyl groups excluding tert-OH is 1. The number of carbonyl (C=O) groups excluding carboxylic acids is 1. The molecule has 2 N–H and O–H groups in total. The fraction of sp³-hybridized carbons (Fsp3) is 0.643. The van der Waals surface area contributed by atoms with Crippen LogP contribution in [-0.4, -0.2) is 31.3 Å². The second kappa shape index (κ2) is 6.91. The first-order valence-electron chi connectivity index (χ1n) is 6.55. The number of methoxy groups -OCH3 is 1. The molecule has 0 saturated carbocycles. The first-order valence-corrected chi connectivity index (χ1v) is 7.37. The van der Waals surface area contributed by atoms with Crippen molar-refractivity contribution in [3.63, 3.8) is 0 Å². The number of ether oxygens (including phenoxy) is 1. The Labute approximate surface area is 118 Å². The summed E-state index contributed by atoms with van der Waals surface area (Å²) in [6.45, 7) is 6.57. The van der Waals surface area contributed by atoms with Crippen LogP contribution in [0.5, 0.6) is 5.75 Å². The predicted molar refractivity (Wildman–Crippen MR) is 78.0 cm³/mol. The van der Waals surface area contributed by atoms with E-state index in [1.807, 2.05) is 26.8 Å². The molecule has 1 heterocycles. The van der Waals surface area contributed by atoms with Gasteiger partial charge in [-0.05, 0) is 25.8 Å². The van der Waals surface area contributed by atoms with Crippen LogP contribution in [0, 0.1) is 12.3 Å². The van der Waals surface area contributed by atoms with Gasteiger partial charge in [-0.2, -0.15) is 0 Å². The van der Waals surface area contributed by atoms with Crippen molar-refractivity contribution < 1.29 is 14.6 Å². The molecule has 0 fully saturated rings. The van der Waals surface area contributed by atoms with Gasteiger partial charge in [-0.25, -0.2) is 0 Å². The molecule has 0 spiro atoms. The van der Waals surface area contributed by atoms with Gasteiger partial charge in [-0.1, -0.05) is 13.8 Å². The second-order valence-electron chi connectivity index (χ2n) is 4.80. The summed E-state index contributed by atoms with van der Waals surface area (Å²) in [7, 11) is 1.56. The lowest BCUT2D eigenvalue weighted by atomic mass is 9.83. The third-order valence-electron chi connectivity index (χ3n) is 3.71. The van der Waals surface area contributed by atoms with Crippen molar-refractivity contribution in [1.82, 2.24) is 5.32 Å². The number of hydrogen-bond acceptors (Lipinski definition) is 4. The Morgan fingerprint density at radius 3 is 2.58 bits per heavy atom. The SMILES string of the molecule is CCC(CC)(CO)CNC(=O)c1sc(C)cc1OC. The molecule has 1 rings (SSSR count). The monoisotopic (exact) mass is 285 g/mol. The van der Waals surface area contributed by atoms with Gasteiger partial charge in [0.2, 0.25) is 0 Å². The minimum absolute atomic E-state index is 0.0842. The lowest BCUT2D eigenvalue weighted by molar-refractivity contribution is 0.0852. The fourth-order valence-electron chi connectivity index (χ4n) is 1.93. The molecule has 0 aliphatic rings. The van der Waals surface area contributed by atoms with Crippen molar-refractivity contribution in [2.45, 2.75) is 33.6 Å². The standard InChI is InChI=1S/C14H23NO3S/c1-5-14(6-2,9-16)8-15-13(17)12-11(18-4)7-10(3)19-12/h7,16H,5-6,8-9H2,1-4H3,(H,15,17). The van der Waals surface area contributed by atoms with Gasteiger partial charge in [0.15, 0.2) is 0 Å². The number of amides is 1. The van der Waals surface area contributed by atoms with E-state index in [4.69, 9.17) is 4.74 Å². The van der Waals surface area contributed by atoms with E-state index in [1.54, 1.807) is 7.11 Å². The molecule has 0 atom stereocenters. The maximum Gasteiger partial charge on any atom is 0.265 e. The van der Waals surface area contributed by atoms with Crippen LogP contribution in [0.4, 0.5) is 0 Å². The molecule has 0 radical (unpaired) electrons. The second-order valence-corrected chi connectivity index (χ2v) is 6.06. The van der Waals surface area contributed by atoms with E-state index in [9.17, 15) is 9.90 Å². The quantitative estimate of drug-likeness (QED) is 0.809. The van der Waals surface area contributed by atoms with Gasteiger partial charge in [0, 0.05) is 16.8 Å². The zero-order valence-corrected chi connectivity index (χ0v) is 12.9. The average molecular weight is 285 g/mol. The highest BCUT2D eigenvalue weighted by Crippen LogP contribution is 2.29. The van der Waals surface area contributed by atoms with Crippen molar-refractivity contribution >= 4 is 17.2 Å². The Morgan fingerprint density at radius 1 is 1.47 bits per heavy atom. The Morgan fingerprint density at radius 2 is 2.11 bits per heavy atom. The summed E-state index contributed by atoms with van der Waals surface area (Å²) in [4.78, 5) is 13.8. The minimum atomic E-state index is -0.227. The fourth-order valence-corrected chi connectivity index (χ4v) is 2.82. The Kier molecular flexibility index (Phi) is 5.82. The molecule has 1 amide bonds. The largest absolute Gasteiger partial charge is 0.495 e. The molecule has 0 unspecified atom stereocenters. The Hall–Kier alpha value is -1.07. The van der Waals surface area contributed by atoms with E-state index >= 15 is 0 Å². The normalized spacial score (nSPS) is 11.4. The molecule has 1 aromatic rings. The number of thiophene rings is 1. The van der Waals surface area contributed by atoms with E-state index < -0.39 is 0 Å². The van der Waals surface area contributed by atoms with Crippen LogP contribution in [0.15, 0.2) is 6.07 Å². The lowest BCUT2D eigenvalue weighted by Crippen LogP contribution is -2.39. The Bertz CT molecular complexity index is 416. The summed E-state index contributed by atoms with van der Waals surface area (Å²) in [6, 6.07) is 1.86. The number of rotatable bonds is 7. The number of aryl methyl sites for hydroxylation is 1. The van der Waals surface area contributed by atoms with E-state index in [2.05, 4.69) is 5.32 Å². The molecule has 0 bridgehead atoms. The van der Waals surface area contributed by atoms with Crippen LogP contribution in [0.25, 0.3) is 0 Å². The van der Waals surface area contributed by atoms with Crippen LogP contribution >= 0.6 is 11.3 Å². The molecule has 19 heavy (non-hydrogen) atoms. The van der Waals surface area contributed by atoms with Crippen molar-refractivity contribution in [2.75, 3.05) is 20.3 Å². The summed E-state index contributed by atoms with van der Waals surface area (Å²) in [5.74, 6) is 0.484. The molecular formula is C14H23NO3S. The van der Waals surface area contributed by atoms with E-state index in [0.717, 1.165) is 17.7 Å². The summed E-state index contributed by atoms with van der Waals surface area (Å²) in [5.41, 5.74) is -0.227. The van der Waals surface area contributed by atoms with Gasteiger partial charge in [0.1, 0.15) is 10.6 Å². The zero-order chi connectivity index (χ0) is 14.5. The number of hydrogen-bond donors (Lipinski definition) is 2. The van der Waals surface area contributed by atoms with Gasteiger partial charge in [-0.15, -0.1) is 11.3 Å². The first-order chi connectivity index (χ1) is 9.01. The maximum atomic E-state index is 12.2. The average Bonchev–Trinajstić information content (AvgIpc) is 2.82. The number of nitrogens with one attached hydrogen (secondary N) is 1. The van der Waals surface area contributed by atoms with Crippen molar-refractivity contribution in [3.8, 4) is 5.75 Å². The van der Waals surface area contributed by atoms with Crippen molar-refractivity contribution in [2.24, 2.45) is 5.41 Å². The molecule has 0 aliphatic heterocycles. The van der Waals surface area contributed by atoms with Crippen LogP contribution in [0.1, 0.15) is 41.2 Å². The van der Waals surface area contributed by atoms with Crippen molar-refractivity contribution in [1.29, 1.82) is 0 Å². The molecule has 0 aromatic carbocycles. The van der Waals surface area contributed by atoms with Crippen molar-refractivity contribution in [3.05, 3.63) is 15.8 Å².